The van der Waals surface area contributed by atoms with Gasteiger partial charge in [-0.1, -0.05) is 17.7 Å². The molecular formula is C24H18ClIN4O2. The van der Waals surface area contributed by atoms with E-state index in [-0.39, 0.29) is 0 Å². The lowest BCUT2D eigenvalue weighted by Crippen LogP contribution is -2.00. The molecular weight excluding hydrogens is 539 g/mol. The Morgan fingerprint density at radius 2 is 1.97 bits per heavy atom. The highest BCUT2D eigenvalue weighted by molar-refractivity contribution is 14.1. The molecule has 8 heteroatoms. The van der Waals surface area contributed by atoms with E-state index in [1.54, 1.807) is 24.5 Å². The Morgan fingerprint density at radius 3 is 2.69 bits per heavy atom. The van der Waals surface area contributed by atoms with Crippen molar-refractivity contribution in [2.75, 3.05) is 11.9 Å². The van der Waals surface area contributed by atoms with Gasteiger partial charge in [0.25, 0.3) is 0 Å². The number of ether oxygens (including phenoxy) is 2. The van der Waals surface area contributed by atoms with E-state index in [1.807, 2.05) is 43.3 Å². The first kappa shape index (κ1) is 22.1. The zero-order valence-corrected chi connectivity index (χ0v) is 20.0. The quantitative estimate of drug-likeness (QED) is 0.263. The second kappa shape index (κ2) is 10.0. The van der Waals surface area contributed by atoms with Crippen molar-refractivity contribution in [3.05, 3.63) is 80.8 Å². The third kappa shape index (κ3) is 4.87. The Balaban J connectivity index is 1.63. The molecule has 4 aromatic rings. The average molecular weight is 557 g/mol. The molecule has 0 aliphatic carbocycles. The fourth-order valence-corrected chi connectivity index (χ4v) is 4.01. The number of anilines is 2. The van der Waals surface area contributed by atoms with E-state index in [0.717, 1.165) is 31.6 Å². The van der Waals surface area contributed by atoms with Crippen LogP contribution in [0.5, 0.6) is 11.5 Å². The predicted octanol–water partition coefficient (Wildman–Crippen LogP) is 6.48. The third-order valence-corrected chi connectivity index (χ3v) is 5.78. The summed E-state index contributed by atoms with van der Waals surface area (Å²) in [6, 6.07) is 17.1. The molecule has 6 nitrogen and oxygen atoms in total. The maximum atomic E-state index is 9.63. The monoisotopic (exact) mass is 556 g/mol. The van der Waals surface area contributed by atoms with Crippen LogP contribution in [0.15, 0.2) is 60.9 Å². The standard InChI is InChI=1S/C24H18ClIN4O2/c1-2-31-23-11-21-18(10-20(23)26)24(15(12-27)13-29-21)30-16-6-7-22(19(25)9-16)32-14-17-5-3-4-8-28-17/h3-11,13H,2,14H2,1H3,(H,29,30). The van der Waals surface area contributed by atoms with Gasteiger partial charge in [0.05, 0.1) is 37.7 Å². The van der Waals surface area contributed by atoms with Crippen LogP contribution in [-0.2, 0) is 6.61 Å². The van der Waals surface area contributed by atoms with Crippen LogP contribution >= 0.6 is 34.2 Å². The van der Waals surface area contributed by atoms with Crippen LogP contribution in [0, 0.1) is 14.9 Å². The van der Waals surface area contributed by atoms with Crippen molar-refractivity contribution in [2.45, 2.75) is 13.5 Å². The fourth-order valence-electron chi connectivity index (χ4n) is 3.15. The van der Waals surface area contributed by atoms with E-state index in [9.17, 15) is 5.26 Å². The van der Waals surface area contributed by atoms with E-state index in [4.69, 9.17) is 21.1 Å². The Labute approximate surface area is 204 Å². The number of nitrogens with zero attached hydrogens (tertiary/aromatic N) is 3. The van der Waals surface area contributed by atoms with Crippen molar-refractivity contribution in [2.24, 2.45) is 0 Å². The summed E-state index contributed by atoms with van der Waals surface area (Å²) in [5.74, 6) is 1.32. The van der Waals surface area contributed by atoms with E-state index < -0.39 is 0 Å². The number of hydrogen-bond acceptors (Lipinski definition) is 6. The molecule has 0 saturated heterocycles. The first-order valence-electron chi connectivity index (χ1n) is 9.83. The molecule has 0 unspecified atom stereocenters. The molecule has 0 fully saturated rings. The van der Waals surface area contributed by atoms with Gasteiger partial charge in [-0.05, 0) is 65.9 Å². The SMILES string of the molecule is CCOc1cc2ncc(C#N)c(Nc3ccc(OCc4ccccn4)c(Cl)c3)c2cc1I. The Hall–Kier alpha value is -3.09. The van der Waals surface area contributed by atoms with Crippen molar-refractivity contribution >= 4 is 56.5 Å². The second-order valence-electron chi connectivity index (χ2n) is 6.77. The predicted molar refractivity (Wildman–Crippen MR) is 134 cm³/mol. The summed E-state index contributed by atoms with van der Waals surface area (Å²) in [6.45, 7) is 2.82. The molecule has 160 valence electrons. The third-order valence-electron chi connectivity index (χ3n) is 4.64. The second-order valence-corrected chi connectivity index (χ2v) is 8.34. The van der Waals surface area contributed by atoms with Crippen LogP contribution in [-0.4, -0.2) is 16.6 Å². The Morgan fingerprint density at radius 1 is 1.09 bits per heavy atom. The summed E-state index contributed by atoms with van der Waals surface area (Å²) in [5.41, 5.74) is 3.37. The molecule has 4 rings (SSSR count). The molecule has 2 aromatic carbocycles. The number of hydrogen-bond donors (Lipinski definition) is 1. The van der Waals surface area contributed by atoms with Crippen LogP contribution in [0.1, 0.15) is 18.2 Å². The highest BCUT2D eigenvalue weighted by Gasteiger charge is 2.14. The molecule has 0 bridgehead atoms. The van der Waals surface area contributed by atoms with Crippen LogP contribution in [0.4, 0.5) is 11.4 Å². The molecule has 0 aliphatic rings. The van der Waals surface area contributed by atoms with E-state index >= 15 is 0 Å². The van der Waals surface area contributed by atoms with Gasteiger partial charge in [-0.15, -0.1) is 0 Å². The van der Waals surface area contributed by atoms with E-state index in [2.05, 4.69) is 43.9 Å². The number of nitriles is 1. The minimum Gasteiger partial charge on any atom is -0.493 e. The number of halogens is 2. The van der Waals surface area contributed by atoms with E-state index in [1.165, 1.54) is 0 Å². The number of pyridine rings is 2. The molecule has 0 spiro atoms. The molecule has 1 N–H and O–H groups in total. The van der Waals surface area contributed by atoms with Gasteiger partial charge in [0.1, 0.15) is 24.2 Å². The summed E-state index contributed by atoms with van der Waals surface area (Å²) in [4.78, 5) is 8.67. The number of nitrogens with one attached hydrogen (secondary N) is 1. The van der Waals surface area contributed by atoms with Gasteiger partial charge >= 0.3 is 0 Å². The topological polar surface area (TPSA) is 80.1 Å². The highest BCUT2D eigenvalue weighted by atomic mass is 127. The molecule has 32 heavy (non-hydrogen) atoms. The zero-order valence-electron chi connectivity index (χ0n) is 17.1. The lowest BCUT2D eigenvalue weighted by atomic mass is 10.1. The van der Waals surface area contributed by atoms with Crippen LogP contribution in [0.2, 0.25) is 5.02 Å². The number of fused-ring (bicyclic) bond motifs is 1. The lowest BCUT2D eigenvalue weighted by Gasteiger charge is -2.15. The molecule has 0 saturated carbocycles. The van der Waals surface area contributed by atoms with Crippen molar-refractivity contribution in [1.82, 2.24) is 9.97 Å². The van der Waals surface area contributed by atoms with E-state index in [0.29, 0.717) is 35.2 Å². The summed E-state index contributed by atoms with van der Waals surface area (Å²) >= 11 is 8.67. The average Bonchev–Trinajstić information content (AvgIpc) is 2.80. The van der Waals surface area contributed by atoms with Gasteiger partial charge in [-0.3, -0.25) is 9.97 Å². The zero-order chi connectivity index (χ0) is 22.5. The van der Waals surface area contributed by atoms with Gasteiger partial charge in [0, 0.05) is 29.5 Å². The largest absolute Gasteiger partial charge is 0.493 e. The van der Waals surface area contributed by atoms with Crippen LogP contribution in [0.3, 0.4) is 0 Å². The highest BCUT2D eigenvalue weighted by Crippen LogP contribution is 2.35. The number of rotatable bonds is 7. The van der Waals surface area contributed by atoms with Crippen molar-refractivity contribution in [1.29, 1.82) is 5.26 Å². The lowest BCUT2D eigenvalue weighted by molar-refractivity contribution is 0.301. The first-order valence-corrected chi connectivity index (χ1v) is 11.3. The number of benzene rings is 2. The smallest absolute Gasteiger partial charge is 0.138 e. The minimum atomic E-state index is 0.321. The summed E-state index contributed by atoms with van der Waals surface area (Å²) < 4.78 is 12.4. The number of aromatic nitrogens is 2. The molecule has 0 aliphatic heterocycles. The van der Waals surface area contributed by atoms with Crippen molar-refractivity contribution in [3.8, 4) is 17.6 Å². The molecule has 0 amide bonds. The summed E-state index contributed by atoms with van der Waals surface area (Å²) in [5, 5.41) is 14.2. The van der Waals surface area contributed by atoms with Gasteiger partial charge in [0.2, 0.25) is 0 Å². The van der Waals surface area contributed by atoms with Gasteiger partial charge < -0.3 is 14.8 Å². The summed E-state index contributed by atoms with van der Waals surface area (Å²) in [6.07, 6.45) is 3.27. The Kier molecular flexibility index (Phi) is 6.93. The first-order chi connectivity index (χ1) is 15.6. The van der Waals surface area contributed by atoms with Crippen molar-refractivity contribution < 1.29 is 9.47 Å². The normalized spacial score (nSPS) is 10.6. The minimum absolute atomic E-state index is 0.321. The fraction of sp³-hybridized carbons (Fsp3) is 0.125. The van der Waals surface area contributed by atoms with Gasteiger partial charge in [0.15, 0.2) is 0 Å². The van der Waals surface area contributed by atoms with Crippen molar-refractivity contribution in [3.63, 3.8) is 0 Å². The molecule has 2 heterocycles. The molecule has 2 aromatic heterocycles. The molecule has 0 radical (unpaired) electrons. The van der Waals surface area contributed by atoms with Crippen LogP contribution in [0.25, 0.3) is 10.9 Å². The maximum Gasteiger partial charge on any atom is 0.138 e. The molecule has 0 atom stereocenters. The summed E-state index contributed by atoms with van der Waals surface area (Å²) in [7, 11) is 0. The van der Waals surface area contributed by atoms with Gasteiger partial charge in [-0.2, -0.15) is 5.26 Å². The van der Waals surface area contributed by atoms with Crippen LogP contribution < -0.4 is 14.8 Å². The maximum absolute atomic E-state index is 9.63. The van der Waals surface area contributed by atoms with Gasteiger partial charge in [-0.25, -0.2) is 0 Å². The Bertz CT molecular complexity index is 1310.